The van der Waals surface area contributed by atoms with Crippen LogP contribution in [-0.2, 0) is 18.0 Å². The van der Waals surface area contributed by atoms with Gasteiger partial charge in [0.1, 0.15) is 30.9 Å². The van der Waals surface area contributed by atoms with Crippen LogP contribution >= 0.6 is 0 Å². The number of methoxy groups -OCH3 is 1. The molecule has 0 fully saturated rings. The first-order chi connectivity index (χ1) is 16.0. The van der Waals surface area contributed by atoms with E-state index < -0.39 is 18.5 Å². The quantitative estimate of drug-likeness (QED) is 0.402. The zero-order valence-corrected chi connectivity index (χ0v) is 17.9. The van der Waals surface area contributed by atoms with Gasteiger partial charge >= 0.3 is 11.9 Å². The molecule has 3 rings (SSSR count). The number of aromatic carboxylic acids is 1. The Morgan fingerprint density at radius 3 is 1.91 bits per heavy atom. The van der Waals surface area contributed by atoms with Crippen molar-refractivity contribution < 1.29 is 34.0 Å². The van der Waals surface area contributed by atoms with Gasteiger partial charge in [0.2, 0.25) is 0 Å². The van der Waals surface area contributed by atoms with E-state index in [4.69, 9.17) is 19.3 Å². The molecule has 168 valence electrons. The fourth-order valence-electron chi connectivity index (χ4n) is 3.08. The summed E-state index contributed by atoms with van der Waals surface area (Å²) < 4.78 is 16.8. The summed E-state index contributed by atoms with van der Waals surface area (Å²) in [7, 11) is 1.20. The average Bonchev–Trinajstić information content (AvgIpc) is 2.85. The molecule has 0 saturated carbocycles. The van der Waals surface area contributed by atoms with Crippen molar-refractivity contribution in [2.24, 2.45) is 0 Å². The van der Waals surface area contributed by atoms with Crippen LogP contribution in [0.15, 0.2) is 66.7 Å². The molecular weight excluding hydrogens is 424 g/mol. The lowest BCUT2D eigenvalue weighted by molar-refractivity contribution is 0.0590. The Morgan fingerprint density at radius 2 is 1.42 bits per heavy atom. The summed E-state index contributed by atoms with van der Waals surface area (Å²) in [6.45, 7) is -0.386. The predicted octanol–water partition coefficient (Wildman–Crippen LogP) is 3.67. The first-order valence-electron chi connectivity index (χ1n) is 10.0. The molecule has 0 unspecified atom stereocenters. The molecule has 0 atom stereocenters. The van der Waals surface area contributed by atoms with Crippen molar-refractivity contribution >= 4 is 11.9 Å². The van der Waals surface area contributed by atoms with E-state index in [0.717, 1.165) is 11.1 Å². The van der Waals surface area contributed by atoms with E-state index in [1.54, 1.807) is 0 Å². The Hall–Kier alpha value is -4.28. The Bertz CT molecular complexity index is 1180. The second-order valence-electron chi connectivity index (χ2n) is 6.81. The Kier molecular flexibility index (Phi) is 8.06. The Labute approximate surface area is 191 Å². The number of ether oxygens (including phenoxy) is 3. The maximum atomic E-state index is 12.7. The van der Waals surface area contributed by atoms with Gasteiger partial charge in [-0.2, -0.15) is 0 Å². The van der Waals surface area contributed by atoms with Crippen molar-refractivity contribution in [3.63, 3.8) is 0 Å². The molecule has 0 aromatic heterocycles. The largest absolute Gasteiger partial charge is 0.484 e. The summed E-state index contributed by atoms with van der Waals surface area (Å²) in [4.78, 5) is 24.8. The van der Waals surface area contributed by atoms with Gasteiger partial charge in [-0.3, -0.25) is 0 Å². The fourth-order valence-corrected chi connectivity index (χ4v) is 3.08. The molecule has 7 heteroatoms. The van der Waals surface area contributed by atoms with Crippen LogP contribution in [-0.4, -0.2) is 35.9 Å². The molecular formula is C26H22O7. The third-order valence-corrected chi connectivity index (χ3v) is 4.61. The number of carbonyl (C=O) groups excluding carboxylic acids is 1. The first-order valence-corrected chi connectivity index (χ1v) is 10.0. The molecule has 0 aliphatic heterocycles. The van der Waals surface area contributed by atoms with Gasteiger partial charge in [-0.1, -0.05) is 72.5 Å². The highest BCUT2D eigenvalue weighted by Gasteiger charge is 2.28. The minimum atomic E-state index is -1.29. The van der Waals surface area contributed by atoms with Crippen LogP contribution < -0.4 is 9.47 Å². The standard InChI is InChI=1S/C26H22O7/c1-31-26(30)22-20(13-8-14-27)15-21(25(28)29)23(32-16-18-9-4-2-5-10-18)24(22)33-17-19-11-6-3-7-12-19/h2-7,9-12,15,27H,14,16-17H2,1H3,(H,28,29). The second-order valence-corrected chi connectivity index (χ2v) is 6.81. The number of carbonyl (C=O) groups is 2. The number of benzene rings is 3. The third-order valence-electron chi connectivity index (χ3n) is 4.61. The summed E-state index contributed by atoms with van der Waals surface area (Å²) in [6.07, 6.45) is 0. The molecule has 7 nitrogen and oxygen atoms in total. The van der Waals surface area contributed by atoms with Crippen LogP contribution in [0.5, 0.6) is 11.5 Å². The minimum absolute atomic E-state index is 0.0441. The highest BCUT2D eigenvalue weighted by molar-refractivity contribution is 6.01. The van der Waals surface area contributed by atoms with E-state index in [2.05, 4.69) is 11.8 Å². The number of esters is 1. The van der Waals surface area contributed by atoms with E-state index in [-0.39, 0.29) is 41.4 Å². The van der Waals surface area contributed by atoms with E-state index in [1.807, 2.05) is 60.7 Å². The molecule has 0 saturated heterocycles. The fraction of sp³-hybridized carbons (Fsp3) is 0.154. The van der Waals surface area contributed by atoms with Crippen LogP contribution in [0.25, 0.3) is 0 Å². The van der Waals surface area contributed by atoms with Crippen LogP contribution in [0, 0.1) is 11.8 Å². The molecule has 0 amide bonds. The lowest BCUT2D eigenvalue weighted by Gasteiger charge is -2.19. The highest BCUT2D eigenvalue weighted by atomic mass is 16.5. The summed E-state index contributed by atoms with van der Waals surface area (Å²) in [5, 5.41) is 19.0. The van der Waals surface area contributed by atoms with Crippen LogP contribution in [0.3, 0.4) is 0 Å². The smallest absolute Gasteiger partial charge is 0.343 e. The number of aliphatic hydroxyl groups is 1. The van der Waals surface area contributed by atoms with Gasteiger partial charge in [0.05, 0.1) is 7.11 Å². The van der Waals surface area contributed by atoms with E-state index in [1.165, 1.54) is 13.2 Å². The van der Waals surface area contributed by atoms with Crippen molar-refractivity contribution in [1.82, 2.24) is 0 Å². The highest BCUT2D eigenvalue weighted by Crippen LogP contribution is 2.39. The number of hydrogen-bond donors (Lipinski definition) is 2. The number of carboxylic acid groups (broad SMARTS) is 1. The van der Waals surface area contributed by atoms with Crippen molar-refractivity contribution in [2.45, 2.75) is 13.2 Å². The number of carboxylic acids is 1. The normalized spacial score (nSPS) is 10.0. The maximum Gasteiger partial charge on any atom is 0.343 e. The van der Waals surface area contributed by atoms with E-state index >= 15 is 0 Å². The topological polar surface area (TPSA) is 102 Å². The molecule has 0 aliphatic rings. The third kappa shape index (κ3) is 5.91. The van der Waals surface area contributed by atoms with E-state index in [9.17, 15) is 14.7 Å². The predicted molar refractivity (Wildman–Crippen MR) is 120 cm³/mol. The van der Waals surface area contributed by atoms with Crippen LogP contribution in [0.1, 0.15) is 37.4 Å². The molecule has 0 aliphatic carbocycles. The summed E-state index contributed by atoms with van der Waals surface area (Å²) in [5.74, 6) is 2.78. The van der Waals surface area contributed by atoms with Gasteiger partial charge in [0, 0.05) is 5.56 Å². The zero-order valence-electron chi connectivity index (χ0n) is 17.9. The maximum absolute atomic E-state index is 12.7. The molecule has 3 aromatic rings. The van der Waals surface area contributed by atoms with Crippen LogP contribution in [0.4, 0.5) is 0 Å². The number of rotatable bonds is 8. The van der Waals surface area contributed by atoms with Crippen molar-refractivity contribution in [3.8, 4) is 23.3 Å². The molecule has 0 radical (unpaired) electrons. The van der Waals surface area contributed by atoms with Crippen molar-refractivity contribution in [3.05, 3.63) is 94.5 Å². The first kappa shape index (κ1) is 23.4. The second kappa shape index (κ2) is 11.4. The number of hydrogen-bond acceptors (Lipinski definition) is 6. The molecule has 0 heterocycles. The summed E-state index contributed by atoms with van der Waals surface area (Å²) in [5.41, 5.74) is 1.33. The van der Waals surface area contributed by atoms with Gasteiger partial charge in [0.25, 0.3) is 0 Å². The van der Waals surface area contributed by atoms with Gasteiger partial charge in [-0.15, -0.1) is 0 Å². The van der Waals surface area contributed by atoms with Crippen molar-refractivity contribution in [1.29, 1.82) is 0 Å². The van der Waals surface area contributed by atoms with Crippen molar-refractivity contribution in [2.75, 3.05) is 13.7 Å². The SMILES string of the molecule is COC(=O)c1c(C#CCO)cc(C(=O)O)c(OCc2ccccc2)c1OCc1ccccc1. The van der Waals surface area contributed by atoms with Gasteiger partial charge in [0.15, 0.2) is 11.5 Å². The van der Waals surface area contributed by atoms with Crippen LogP contribution in [0.2, 0.25) is 0 Å². The minimum Gasteiger partial charge on any atom is -0.484 e. The summed E-state index contributed by atoms with van der Waals surface area (Å²) >= 11 is 0. The molecule has 0 bridgehead atoms. The average molecular weight is 446 g/mol. The monoisotopic (exact) mass is 446 g/mol. The summed E-state index contributed by atoms with van der Waals surface area (Å²) in [6, 6.07) is 19.6. The zero-order chi connectivity index (χ0) is 23.6. The Morgan fingerprint density at radius 1 is 0.879 bits per heavy atom. The van der Waals surface area contributed by atoms with Gasteiger partial charge in [-0.05, 0) is 17.2 Å². The molecule has 0 spiro atoms. The number of aliphatic hydroxyl groups excluding tert-OH is 1. The lowest BCUT2D eigenvalue weighted by Crippen LogP contribution is -2.14. The van der Waals surface area contributed by atoms with Gasteiger partial charge in [-0.25, -0.2) is 9.59 Å². The lowest BCUT2D eigenvalue weighted by atomic mass is 10.0. The molecule has 33 heavy (non-hydrogen) atoms. The van der Waals surface area contributed by atoms with E-state index in [0.29, 0.717) is 0 Å². The van der Waals surface area contributed by atoms with Gasteiger partial charge < -0.3 is 24.4 Å². The molecule has 3 aromatic carbocycles. The molecule has 2 N–H and O–H groups in total. The Balaban J connectivity index is 2.17.